The summed E-state index contributed by atoms with van der Waals surface area (Å²) in [5, 5.41) is 22.3. The second kappa shape index (κ2) is 5.99. The summed E-state index contributed by atoms with van der Waals surface area (Å²) in [6.07, 6.45) is 2.42. The number of phenolic OH excluding ortho intramolecular Hbond substituents is 1. The molecule has 3 rings (SSSR count). The summed E-state index contributed by atoms with van der Waals surface area (Å²) in [4.78, 5) is 2.28. The van der Waals surface area contributed by atoms with Crippen LogP contribution in [0.2, 0.25) is 0 Å². The quantitative estimate of drug-likeness (QED) is 0.746. The third-order valence-corrected chi connectivity index (χ3v) is 4.20. The molecular formula is C15H22N2O3. The zero-order valence-electron chi connectivity index (χ0n) is 11.6. The van der Waals surface area contributed by atoms with Gasteiger partial charge in [-0.2, -0.15) is 0 Å². The molecule has 20 heavy (non-hydrogen) atoms. The van der Waals surface area contributed by atoms with Crippen LogP contribution in [0.15, 0.2) is 18.2 Å². The van der Waals surface area contributed by atoms with Crippen LogP contribution < -0.4 is 10.1 Å². The first-order valence-electron chi connectivity index (χ1n) is 7.32. The fourth-order valence-corrected chi connectivity index (χ4v) is 3.18. The summed E-state index contributed by atoms with van der Waals surface area (Å²) in [7, 11) is 0. The molecule has 2 heterocycles. The van der Waals surface area contributed by atoms with Crippen LogP contribution in [-0.4, -0.2) is 54.0 Å². The number of nitrogens with zero attached hydrogens (tertiary/aromatic N) is 1. The summed E-state index contributed by atoms with van der Waals surface area (Å²) >= 11 is 0. The third-order valence-electron chi connectivity index (χ3n) is 4.20. The number of benzene rings is 1. The molecule has 1 aromatic carbocycles. The second-order valence-electron chi connectivity index (χ2n) is 5.56. The van der Waals surface area contributed by atoms with Gasteiger partial charge in [-0.15, -0.1) is 0 Å². The molecule has 2 atom stereocenters. The number of ether oxygens (including phenoxy) is 1. The standard InChI is InChI=1S/C15H22N2O3/c18-7-6-17(9-11-2-1-5-16-11)14-10-20-15-8-12(19)3-4-13(14)15/h3-4,8,11,14,16,18-19H,1-2,5-7,9-10H2. The topological polar surface area (TPSA) is 65.0 Å². The Kier molecular flexibility index (Phi) is 4.10. The monoisotopic (exact) mass is 278 g/mol. The zero-order valence-corrected chi connectivity index (χ0v) is 11.6. The maximum absolute atomic E-state index is 9.51. The number of fused-ring (bicyclic) bond motifs is 1. The number of hydrogen-bond acceptors (Lipinski definition) is 5. The molecule has 5 nitrogen and oxygen atoms in total. The van der Waals surface area contributed by atoms with E-state index in [4.69, 9.17) is 4.74 Å². The van der Waals surface area contributed by atoms with Crippen molar-refractivity contribution in [2.75, 3.05) is 32.8 Å². The number of aromatic hydroxyl groups is 1. The molecule has 2 unspecified atom stereocenters. The summed E-state index contributed by atoms with van der Waals surface area (Å²) in [6, 6.07) is 5.96. The summed E-state index contributed by atoms with van der Waals surface area (Å²) in [5.74, 6) is 0.993. The zero-order chi connectivity index (χ0) is 13.9. The highest BCUT2D eigenvalue weighted by atomic mass is 16.5. The van der Waals surface area contributed by atoms with Gasteiger partial charge in [-0.05, 0) is 31.5 Å². The van der Waals surface area contributed by atoms with E-state index in [9.17, 15) is 10.2 Å². The maximum atomic E-state index is 9.51. The van der Waals surface area contributed by atoms with Gasteiger partial charge < -0.3 is 20.3 Å². The molecule has 0 aromatic heterocycles. The highest BCUT2D eigenvalue weighted by Gasteiger charge is 2.31. The van der Waals surface area contributed by atoms with E-state index in [-0.39, 0.29) is 18.4 Å². The van der Waals surface area contributed by atoms with Crippen molar-refractivity contribution in [3.63, 3.8) is 0 Å². The minimum absolute atomic E-state index is 0.149. The molecule has 0 amide bonds. The number of hydrogen-bond donors (Lipinski definition) is 3. The Bertz CT molecular complexity index is 460. The molecular weight excluding hydrogens is 256 g/mol. The highest BCUT2D eigenvalue weighted by Crippen LogP contribution is 2.38. The molecule has 1 aromatic rings. The van der Waals surface area contributed by atoms with Crippen LogP contribution >= 0.6 is 0 Å². The molecule has 0 aliphatic carbocycles. The van der Waals surface area contributed by atoms with Crippen molar-refractivity contribution < 1.29 is 14.9 Å². The van der Waals surface area contributed by atoms with Crippen LogP contribution in [0.5, 0.6) is 11.5 Å². The maximum Gasteiger partial charge on any atom is 0.127 e. The Morgan fingerprint density at radius 2 is 2.30 bits per heavy atom. The van der Waals surface area contributed by atoms with E-state index in [1.165, 1.54) is 12.8 Å². The average molecular weight is 278 g/mol. The van der Waals surface area contributed by atoms with E-state index in [0.29, 0.717) is 19.2 Å². The van der Waals surface area contributed by atoms with Crippen LogP contribution in [0.3, 0.4) is 0 Å². The number of phenols is 1. The van der Waals surface area contributed by atoms with Crippen molar-refractivity contribution in [1.29, 1.82) is 0 Å². The number of aliphatic hydroxyl groups excluding tert-OH is 1. The van der Waals surface area contributed by atoms with E-state index in [2.05, 4.69) is 10.2 Å². The van der Waals surface area contributed by atoms with E-state index in [1.54, 1.807) is 12.1 Å². The molecule has 0 saturated carbocycles. The van der Waals surface area contributed by atoms with Crippen molar-refractivity contribution in [3.8, 4) is 11.5 Å². The Hall–Kier alpha value is -1.30. The van der Waals surface area contributed by atoms with Gasteiger partial charge in [0, 0.05) is 30.8 Å². The lowest BCUT2D eigenvalue weighted by Crippen LogP contribution is -2.41. The van der Waals surface area contributed by atoms with Crippen molar-refractivity contribution in [3.05, 3.63) is 23.8 Å². The first kappa shape index (κ1) is 13.7. The largest absolute Gasteiger partial charge is 0.508 e. The van der Waals surface area contributed by atoms with Gasteiger partial charge in [0.25, 0.3) is 0 Å². The van der Waals surface area contributed by atoms with Crippen LogP contribution in [0.25, 0.3) is 0 Å². The molecule has 1 saturated heterocycles. The first-order valence-corrected chi connectivity index (χ1v) is 7.32. The molecule has 2 aliphatic heterocycles. The van der Waals surface area contributed by atoms with Gasteiger partial charge in [0.2, 0.25) is 0 Å². The van der Waals surface area contributed by atoms with Gasteiger partial charge in [0.15, 0.2) is 0 Å². The van der Waals surface area contributed by atoms with Crippen LogP contribution in [0.1, 0.15) is 24.4 Å². The molecule has 0 bridgehead atoms. The summed E-state index contributed by atoms with van der Waals surface area (Å²) in [6.45, 7) is 3.40. The lowest BCUT2D eigenvalue weighted by molar-refractivity contribution is 0.121. The van der Waals surface area contributed by atoms with Gasteiger partial charge in [-0.1, -0.05) is 0 Å². The molecule has 5 heteroatoms. The molecule has 2 aliphatic rings. The Morgan fingerprint density at radius 3 is 3.05 bits per heavy atom. The lowest BCUT2D eigenvalue weighted by Gasteiger charge is -2.30. The van der Waals surface area contributed by atoms with E-state index >= 15 is 0 Å². The van der Waals surface area contributed by atoms with Crippen molar-refractivity contribution >= 4 is 0 Å². The Balaban J connectivity index is 1.75. The fraction of sp³-hybridized carbons (Fsp3) is 0.600. The summed E-state index contributed by atoms with van der Waals surface area (Å²) < 4.78 is 5.68. The molecule has 0 radical (unpaired) electrons. The normalized spacial score (nSPS) is 24.9. The Morgan fingerprint density at radius 1 is 1.40 bits per heavy atom. The molecule has 110 valence electrons. The molecule has 0 spiro atoms. The summed E-state index contributed by atoms with van der Waals surface area (Å²) in [5.41, 5.74) is 1.11. The van der Waals surface area contributed by atoms with Crippen molar-refractivity contribution in [2.45, 2.75) is 24.9 Å². The predicted molar refractivity (Wildman–Crippen MR) is 76.0 cm³/mol. The smallest absolute Gasteiger partial charge is 0.127 e. The third kappa shape index (κ3) is 2.75. The van der Waals surface area contributed by atoms with Crippen LogP contribution in [0.4, 0.5) is 0 Å². The van der Waals surface area contributed by atoms with E-state index in [1.807, 2.05) is 6.07 Å². The van der Waals surface area contributed by atoms with E-state index < -0.39 is 0 Å². The molecule has 1 fully saturated rings. The SMILES string of the molecule is OCCN(CC1CCCN1)C1COc2cc(O)ccc21. The van der Waals surface area contributed by atoms with Crippen molar-refractivity contribution in [1.82, 2.24) is 10.2 Å². The number of nitrogens with one attached hydrogen (secondary N) is 1. The van der Waals surface area contributed by atoms with Gasteiger partial charge in [0.05, 0.1) is 12.6 Å². The number of aliphatic hydroxyl groups is 1. The number of rotatable bonds is 5. The van der Waals surface area contributed by atoms with Gasteiger partial charge in [0.1, 0.15) is 18.1 Å². The average Bonchev–Trinajstić information content (AvgIpc) is 3.06. The van der Waals surface area contributed by atoms with Gasteiger partial charge >= 0.3 is 0 Å². The van der Waals surface area contributed by atoms with Gasteiger partial charge in [-0.3, -0.25) is 4.90 Å². The minimum Gasteiger partial charge on any atom is -0.508 e. The van der Waals surface area contributed by atoms with E-state index in [0.717, 1.165) is 24.4 Å². The molecule has 3 N–H and O–H groups in total. The van der Waals surface area contributed by atoms with Crippen LogP contribution in [0, 0.1) is 0 Å². The van der Waals surface area contributed by atoms with Crippen LogP contribution in [-0.2, 0) is 0 Å². The Labute approximate surface area is 119 Å². The second-order valence-corrected chi connectivity index (χ2v) is 5.56. The minimum atomic E-state index is 0.149. The lowest BCUT2D eigenvalue weighted by atomic mass is 10.1. The fourth-order valence-electron chi connectivity index (χ4n) is 3.18. The first-order chi connectivity index (χ1) is 9.78. The van der Waals surface area contributed by atoms with Crippen molar-refractivity contribution in [2.24, 2.45) is 0 Å². The highest BCUT2D eigenvalue weighted by molar-refractivity contribution is 5.44. The predicted octanol–water partition coefficient (Wildman–Crippen LogP) is 0.872. The van der Waals surface area contributed by atoms with Gasteiger partial charge in [-0.25, -0.2) is 0 Å².